The van der Waals surface area contributed by atoms with Gasteiger partial charge >= 0.3 is 0 Å². The molecule has 0 aromatic heterocycles. The molecular weight excluding hydrogens is 264 g/mol. The Morgan fingerprint density at radius 1 is 1.24 bits per heavy atom. The van der Waals surface area contributed by atoms with Crippen molar-refractivity contribution in [2.45, 2.75) is 32.7 Å². The van der Waals surface area contributed by atoms with Gasteiger partial charge in [-0.05, 0) is 25.8 Å². The molecule has 0 radical (unpaired) electrons. The van der Waals surface area contributed by atoms with Gasteiger partial charge in [-0.15, -0.1) is 0 Å². The Morgan fingerprint density at radius 3 is 2.43 bits per heavy atom. The van der Waals surface area contributed by atoms with E-state index in [1.54, 1.807) is 4.90 Å². The monoisotopic (exact) mass is 288 g/mol. The molecule has 0 spiro atoms. The second kappa shape index (κ2) is 6.74. The normalized spacial score (nSPS) is 22.2. The lowest BCUT2D eigenvalue weighted by Gasteiger charge is -2.40. The van der Waals surface area contributed by atoms with Gasteiger partial charge in [0.2, 0.25) is 11.8 Å². The maximum absolute atomic E-state index is 12.8. The van der Waals surface area contributed by atoms with Gasteiger partial charge in [-0.2, -0.15) is 0 Å². The molecule has 114 valence electrons. The van der Waals surface area contributed by atoms with Crippen LogP contribution in [0.4, 0.5) is 0 Å². The number of hydrogen-bond acceptors (Lipinski definition) is 2. The smallest absolute Gasteiger partial charge is 0.228 e. The zero-order valence-electron chi connectivity index (χ0n) is 13.1. The highest BCUT2D eigenvalue weighted by molar-refractivity contribution is 5.85. The maximum Gasteiger partial charge on any atom is 0.228 e. The first kappa shape index (κ1) is 15.5. The van der Waals surface area contributed by atoms with Crippen LogP contribution in [0.1, 0.15) is 38.3 Å². The van der Waals surface area contributed by atoms with Crippen molar-refractivity contribution in [1.82, 2.24) is 9.80 Å². The highest BCUT2D eigenvalue weighted by Crippen LogP contribution is 2.36. The summed E-state index contributed by atoms with van der Waals surface area (Å²) in [6, 6.07) is 9.73. The summed E-state index contributed by atoms with van der Waals surface area (Å²) in [6.45, 7) is 5.42. The van der Waals surface area contributed by atoms with E-state index in [0.717, 1.165) is 5.56 Å². The number of benzene rings is 1. The maximum atomic E-state index is 12.8. The van der Waals surface area contributed by atoms with E-state index in [2.05, 4.69) is 0 Å². The van der Waals surface area contributed by atoms with Gasteiger partial charge in [-0.1, -0.05) is 30.3 Å². The molecule has 0 unspecified atom stereocenters. The molecular formula is C17H24N2O2. The molecule has 1 aromatic rings. The van der Waals surface area contributed by atoms with E-state index < -0.39 is 0 Å². The predicted octanol–water partition coefficient (Wildman–Crippen LogP) is 2.46. The lowest BCUT2D eigenvalue weighted by atomic mass is 9.83. The van der Waals surface area contributed by atoms with Gasteiger partial charge in [-0.25, -0.2) is 0 Å². The van der Waals surface area contributed by atoms with Crippen LogP contribution in [0, 0.1) is 5.92 Å². The first-order chi connectivity index (χ1) is 10.1. The molecule has 0 bridgehead atoms. The summed E-state index contributed by atoms with van der Waals surface area (Å²) in [7, 11) is 1.81. The van der Waals surface area contributed by atoms with E-state index in [0.29, 0.717) is 25.9 Å². The molecule has 1 aliphatic rings. The summed E-state index contributed by atoms with van der Waals surface area (Å²) < 4.78 is 0. The largest absolute Gasteiger partial charge is 0.343 e. The van der Waals surface area contributed by atoms with E-state index in [-0.39, 0.29) is 23.8 Å². The van der Waals surface area contributed by atoms with Crippen molar-refractivity contribution < 1.29 is 9.59 Å². The fourth-order valence-corrected chi connectivity index (χ4v) is 3.17. The van der Waals surface area contributed by atoms with Crippen molar-refractivity contribution in [3.8, 4) is 0 Å². The molecule has 4 heteroatoms. The number of likely N-dealkylation sites (tertiary alicyclic amines) is 1. The summed E-state index contributed by atoms with van der Waals surface area (Å²) in [5, 5.41) is 0. The lowest BCUT2D eigenvalue weighted by molar-refractivity contribution is -0.146. The van der Waals surface area contributed by atoms with E-state index in [1.165, 1.54) is 0 Å². The minimum absolute atomic E-state index is 0.118. The van der Waals surface area contributed by atoms with Gasteiger partial charge in [0.15, 0.2) is 0 Å². The van der Waals surface area contributed by atoms with E-state index in [1.807, 2.05) is 56.1 Å². The second-order valence-corrected chi connectivity index (χ2v) is 5.52. The van der Waals surface area contributed by atoms with Crippen LogP contribution in [0.25, 0.3) is 0 Å². The predicted molar refractivity (Wildman–Crippen MR) is 82.6 cm³/mol. The number of rotatable bonds is 4. The van der Waals surface area contributed by atoms with Gasteiger partial charge in [0.05, 0.1) is 12.0 Å². The van der Waals surface area contributed by atoms with Crippen LogP contribution in [0.2, 0.25) is 0 Å². The Labute approximate surface area is 126 Å². The lowest BCUT2D eigenvalue weighted by Crippen LogP contribution is -2.47. The fourth-order valence-electron chi connectivity index (χ4n) is 3.17. The molecule has 2 amide bonds. The molecule has 1 aromatic carbocycles. The topological polar surface area (TPSA) is 40.6 Å². The Bertz CT molecular complexity index is 497. The van der Waals surface area contributed by atoms with Gasteiger partial charge in [0.1, 0.15) is 0 Å². The van der Waals surface area contributed by atoms with Crippen molar-refractivity contribution in [3.05, 3.63) is 35.9 Å². The summed E-state index contributed by atoms with van der Waals surface area (Å²) in [5.41, 5.74) is 1.04. The van der Waals surface area contributed by atoms with Gasteiger partial charge < -0.3 is 9.80 Å². The third-order valence-electron chi connectivity index (χ3n) is 4.39. The molecule has 0 saturated carbocycles. The first-order valence-corrected chi connectivity index (χ1v) is 7.69. The van der Waals surface area contributed by atoms with Crippen LogP contribution < -0.4 is 0 Å². The SMILES string of the molecule is CCN(CC)C(=O)[C@@H]1CCC(=O)N(C)[C@@H]1c1ccccc1. The van der Waals surface area contributed by atoms with Crippen LogP contribution in [0.3, 0.4) is 0 Å². The molecule has 0 N–H and O–H groups in total. The van der Waals surface area contributed by atoms with Crippen LogP contribution in [-0.4, -0.2) is 41.8 Å². The number of amides is 2. The Kier molecular flexibility index (Phi) is 4.99. The number of carbonyl (C=O) groups excluding carboxylic acids is 2. The van der Waals surface area contributed by atoms with E-state index in [4.69, 9.17) is 0 Å². The summed E-state index contributed by atoms with van der Waals surface area (Å²) in [6.07, 6.45) is 1.09. The Morgan fingerprint density at radius 2 is 1.86 bits per heavy atom. The number of nitrogens with zero attached hydrogens (tertiary/aromatic N) is 2. The van der Waals surface area contributed by atoms with Crippen LogP contribution >= 0.6 is 0 Å². The first-order valence-electron chi connectivity index (χ1n) is 7.69. The number of piperidine rings is 1. The quantitative estimate of drug-likeness (QED) is 0.854. The van der Waals surface area contributed by atoms with Gasteiger partial charge in [0.25, 0.3) is 0 Å². The molecule has 4 nitrogen and oxygen atoms in total. The van der Waals surface area contributed by atoms with Crippen molar-refractivity contribution >= 4 is 11.8 Å². The molecule has 0 aliphatic carbocycles. The zero-order chi connectivity index (χ0) is 15.4. The highest BCUT2D eigenvalue weighted by Gasteiger charge is 2.39. The summed E-state index contributed by atoms with van der Waals surface area (Å²) in [4.78, 5) is 28.4. The average molecular weight is 288 g/mol. The molecule has 1 heterocycles. The Hall–Kier alpha value is -1.84. The number of hydrogen-bond donors (Lipinski definition) is 0. The minimum atomic E-state index is -0.152. The summed E-state index contributed by atoms with van der Waals surface area (Å²) >= 11 is 0. The summed E-state index contributed by atoms with van der Waals surface area (Å²) in [5.74, 6) is 0.135. The van der Waals surface area contributed by atoms with Crippen molar-refractivity contribution in [3.63, 3.8) is 0 Å². The van der Waals surface area contributed by atoms with E-state index >= 15 is 0 Å². The van der Waals surface area contributed by atoms with Gasteiger partial charge in [0, 0.05) is 26.6 Å². The fraction of sp³-hybridized carbons (Fsp3) is 0.529. The standard InChI is InChI=1S/C17H24N2O2/c1-4-19(5-2)17(21)14-11-12-15(20)18(3)16(14)13-9-7-6-8-10-13/h6-10,14,16H,4-5,11-12H2,1-3H3/t14-,16-/m1/s1. The van der Waals surface area contributed by atoms with Crippen molar-refractivity contribution in [1.29, 1.82) is 0 Å². The molecule has 1 saturated heterocycles. The molecule has 2 rings (SSSR count). The molecule has 21 heavy (non-hydrogen) atoms. The van der Waals surface area contributed by atoms with Crippen molar-refractivity contribution in [2.24, 2.45) is 5.92 Å². The van der Waals surface area contributed by atoms with E-state index in [9.17, 15) is 9.59 Å². The van der Waals surface area contributed by atoms with Gasteiger partial charge in [-0.3, -0.25) is 9.59 Å². The Balaban J connectivity index is 2.33. The van der Waals surface area contributed by atoms with Crippen LogP contribution in [-0.2, 0) is 9.59 Å². The molecule has 1 fully saturated rings. The number of carbonyl (C=O) groups is 2. The second-order valence-electron chi connectivity index (χ2n) is 5.52. The molecule has 1 aliphatic heterocycles. The zero-order valence-corrected chi connectivity index (χ0v) is 13.1. The third-order valence-corrected chi connectivity index (χ3v) is 4.39. The van der Waals surface area contributed by atoms with Crippen LogP contribution in [0.5, 0.6) is 0 Å². The average Bonchev–Trinajstić information content (AvgIpc) is 2.51. The minimum Gasteiger partial charge on any atom is -0.343 e. The van der Waals surface area contributed by atoms with Crippen molar-refractivity contribution in [2.75, 3.05) is 20.1 Å². The van der Waals surface area contributed by atoms with Crippen LogP contribution in [0.15, 0.2) is 30.3 Å². The molecule has 2 atom stereocenters. The highest BCUT2D eigenvalue weighted by atomic mass is 16.2. The third kappa shape index (κ3) is 3.09.